The average Bonchev–Trinajstić information content (AvgIpc) is 2.43. The van der Waals surface area contributed by atoms with Crippen molar-refractivity contribution in [1.82, 2.24) is 0 Å². The minimum atomic E-state index is -0.327. The van der Waals surface area contributed by atoms with E-state index in [9.17, 15) is 4.79 Å². The summed E-state index contributed by atoms with van der Waals surface area (Å²) in [7, 11) is 0. The summed E-state index contributed by atoms with van der Waals surface area (Å²) in [5.41, 5.74) is 7.79. The van der Waals surface area contributed by atoms with Crippen LogP contribution in [0, 0.1) is 11.8 Å². The molecule has 0 aromatic heterocycles. The van der Waals surface area contributed by atoms with Crippen LogP contribution in [0.4, 0.5) is 5.69 Å². The summed E-state index contributed by atoms with van der Waals surface area (Å²) < 4.78 is 5.47. The van der Waals surface area contributed by atoms with Gasteiger partial charge in [-0.1, -0.05) is 18.8 Å². The van der Waals surface area contributed by atoms with Crippen LogP contribution < -0.4 is 11.1 Å². The number of nitrogens with one attached hydrogen (secondary N) is 1. The zero-order valence-corrected chi connectivity index (χ0v) is 13.2. The number of hydrogen-bond acceptors (Lipinski definition) is 3. The fraction of sp³-hybridized carbons (Fsp3) is 0.471. The van der Waals surface area contributed by atoms with Crippen LogP contribution in [0.25, 0.3) is 0 Å². The summed E-state index contributed by atoms with van der Waals surface area (Å²) in [4.78, 5) is 11.9. The molecule has 1 rings (SSSR count). The van der Waals surface area contributed by atoms with E-state index in [2.05, 4.69) is 17.2 Å². The molecule has 0 atom stereocenters. The lowest BCUT2D eigenvalue weighted by Gasteiger charge is -2.19. The molecule has 1 amide bonds. The van der Waals surface area contributed by atoms with Crippen molar-refractivity contribution in [2.45, 2.75) is 39.7 Å². The molecule has 1 aromatic rings. The summed E-state index contributed by atoms with van der Waals surface area (Å²) in [6, 6.07) is 5.72. The molecule has 0 unspecified atom stereocenters. The van der Waals surface area contributed by atoms with Gasteiger partial charge in [0.15, 0.2) is 0 Å². The number of anilines is 1. The molecule has 3 N–H and O–H groups in total. The highest BCUT2D eigenvalue weighted by atomic mass is 16.5. The van der Waals surface area contributed by atoms with Crippen LogP contribution in [-0.4, -0.2) is 24.7 Å². The van der Waals surface area contributed by atoms with E-state index in [1.54, 1.807) is 0 Å². The van der Waals surface area contributed by atoms with E-state index in [1.165, 1.54) is 0 Å². The summed E-state index contributed by atoms with van der Waals surface area (Å²) in [6.45, 7) is 8.18. The van der Waals surface area contributed by atoms with E-state index in [0.717, 1.165) is 23.2 Å². The zero-order valence-electron chi connectivity index (χ0n) is 13.2. The van der Waals surface area contributed by atoms with Crippen molar-refractivity contribution < 1.29 is 9.53 Å². The van der Waals surface area contributed by atoms with Crippen LogP contribution >= 0.6 is 0 Å². The largest absolute Gasteiger partial charge is 0.366 e. The Labute approximate surface area is 127 Å². The van der Waals surface area contributed by atoms with E-state index in [-0.39, 0.29) is 18.1 Å². The van der Waals surface area contributed by atoms with Crippen LogP contribution in [-0.2, 0) is 16.0 Å². The first-order valence-corrected chi connectivity index (χ1v) is 7.11. The Balaban J connectivity index is 2.77. The lowest BCUT2D eigenvalue weighted by atomic mass is 10.1. The van der Waals surface area contributed by atoms with Gasteiger partial charge in [-0.3, -0.25) is 4.79 Å². The highest BCUT2D eigenvalue weighted by Gasteiger charge is 2.13. The van der Waals surface area contributed by atoms with Gasteiger partial charge in [0.05, 0.1) is 12.1 Å². The zero-order chi connectivity index (χ0) is 15.9. The van der Waals surface area contributed by atoms with Crippen molar-refractivity contribution in [1.29, 1.82) is 0 Å². The van der Waals surface area contributed by atoms with E-state index >= 15 is 0 Å². The Morgan fingerprint density at radius 2 is 2.10 bits per heavy atom. The number of rotatable bonds is 4. The lowest BCUT2D eigenvalue weighted by molar-refractivity contribution is -0.125. The molecular formula is C17H24N2O2. The number of aryl methyl sites for hydroxylation is 1. The Morgan fingerprint density at radius 1 is 1.38 bits per heavy atom. The van der Waals surface area contributed by atoms with Gasteiger partial charge in [-0.05, 0) is 51.0 Å². The third-order valence-electron chi connectivity index (χ3n) is 2.73. The first-order valence-electron chi connectivity index (χ1n) is 7.11. The molecule has 0 radical (unpaired) electrons. The first kappa shape index (κ1) is 17.2. The van der Waals surface area contributed by atoms with Crippen molar-refractivity contribution in [2.24, 2.45) is 5.73 Å². The SMILES string of the molecule is CCc1cc(C#CCN)ccc1NC(=O)COC(C)(C)C. The van der Waals surface area contributed by atoms with Gasteiger partial charge >= 0.3 is 0 Å². The van der Waals surface area contributed by atoms with E-state index in [4.69, 9.17) is 10.5 Å². The van der Waals surface area contributed by atoms with Gasteiger partial charge in [-0.15, -0.1) is 0 Å². The van der Waals surface area contributed by atoms with Crippen molar-refractivity contribution >= 4 is 11.6 Å². The molecule has 0 spiro atoms. The van der Waals surface area contributed by atoms with E-state index in [0.29, 0.717) is 6.54 Å². The van der Waals surface area contributed by atoms with Crippen LogP contribution in [0.15, 0.2) is 18.2 Å². The fourth-order valence-corrected chi connectivity index (χ4v) is 1.71. The smallest absolute Gasteiger partial charge is 0.250 e. The minimum absolute atomic E-state index is 0.0430. The lowest BCUT2D eigenvalue weighted by Crippen LogP contribution is -2.27. The summed E-state index contributed by atoms with van der Waals surface area (Å²) in [5, 5.41) is 2.88. The van der Waals surface area contributed by atoms with E-state index < -0.39 is 0 Å². The van der Waals surface area contributed by atoms with E-state index in [1.807, 2.05) is 45.9 Å². The van der Waals surface area contributed by atoms with Gasteiger partial charge in [0.1, 0.15) is 6.61 Å². The molecule has 0 bridgehead atoms. The molecule has 0 aliphatic carbocycles. The second-order valence-electron chi connectivity index (χ2n) is 5.68. The van der Waals surface area contributed by atoms with Gasteiger partial charge in [0, 0.05) is 11.3 Å². The molecular weight excluding hydrogens is 264 g/mol. The quantitative estimate of drug-likeness (QED) is 0.836. The van der Waals surface area contributed by atoms with Gasteiger partial charge < -0.3 is 15.8 Å². The Morgan fingerprint density at radius 3 is 2.67 bits per heavy atom. The number of ether oxygens (including phenoxy) is 1. The minimum Gasteiger partial charge on any atom is -0.366 e. The number of benzene rings is 1. The maximum Gasteiger partial charge on any atom is 0.250 e. The summed E-state index contributed by atoms with van der Waals surface area (Å²) >= 11 is 0. The van der Waals surface area contributed by atoms with Gasteiger partial charge in [-0.25, -0.2) is 0 Å². The number of amides is 1. The standard InChI is InChI=1S/C17H24N2O2/c1-5-14-11-13(7-6-10-18)8-9-15(14)19-16(20)12-21-17(2,3)4/h8-9,11H,5,10,12,18H2,1-4H3,(H,19,20). The predicted octanol–water partition coefficient (Wildman–Crippen LogP) is 2.31. The molecule has 0 saturated carbocycles. The molecule has 21 heavy (non-hydrogen) atoms. The Kier molecular flexibility index (Phi) is 6.41. The van der Waals surface area contributed by atoms with Gasteiger partial charge in [0.25, 0.3) is 0 Å². The second kappa shape index (κ2) is 7.82. The molecule has 1 aromatic carbocycles. The molecule has 0 aliphatic heterocycles. The molecule has 4 heteroatoms. The average molecular weight is 288 g/mol. The normalized spacial score (nSPS) is 10.7. The Hall–Kier alpha value is -1.83. The monoisotopic (exact) mass is 288 g/mol. The van der Waals surface area contributed by atoms with Crippen LogP contribution in [0.5, 0.6) is 0 Å². The number of hydrogen-bond donors (Lipinski definition) is 2. The third kappa shape index (κ3) is 6.44. The van der Waals surface area contributed by atoms with Crippen LogP contribution in [0.2, 0.25) is 0 Å². The van der Waals surface area contributed by atoms with Crippen LogP contribution in [0.1, 0.15) is 38.8 Å². The predicted molar refractivity (Wildman–Crippen MR) is 86.1 cm³/mol. The molecule has 0 saturated heterocycles. The van der Waals surface area contributed by atoms with Crippen molar-refractivity contribution in [3.8, 4) is 11.8 Å². The van der Waals surface area contributed by atoms with Crippen molar-refractivity contribution in [3.63, 3.8) is 0 Å². The summed E-state index contributed by atoms with van der Waals surface area (Å²) in [6.07, 6.45) is 0.813. The highest BCUT2D eigenvalue weighted by molar-refractivity contribution is 5.92. The molecule has 4 nitrogen and oxygen atoms in total. The number of carbonyl (C=O) groups is 1. The van der Waals surface area contributed by atoms with Crippen molar-refractivity contribution in [3.05, 3.63) is 29.3 Å². The second-order valence-corrected chi connectivity index (χ2v) is 5.68. The van der Waals surface area contributed by atoms with Gasteiger partial charge in [-0.2, -0.15) is 0 Å². The molecule has 0 aliphatic rings. The molecule has 0 heterocycles. The van der Waals surface area contributed by atoms with Gasteiger partial charge in [0.2, 0.25) is 5.91 Å². The maximum atomic E-state index is 11.9. The first-order chi connectivity index (χ1) is 9.85. The Bertz CT molecular complexity index is 548. The van der Waals surface area contributed by atoms with Crippen molar-refractivity contribution in [2.75, 3.05) is 18.5 Å². The maximum absolute atomic E-state index is 11.9. The molecule has 114 valence electrons. The highest BCUT2D eigenvalue weighted by Crippen LogP contribution is 2.18. The summed E-state index contributed by atoms with van der Waals surface area (Å²) in [5.74, 6) is 5.66. The topological polar surface area (TPSA) is 64.3 Å². The van der Waals surface area contributed by atoms with Crippen LogP contribution in [0.3, 0.4) is 0 Å². The number of nitrogens with two attached hydrogens (primary N) is 1. The number of carbonyl (C=O) groups excluding carboxylic acids is 1. The molecule has 0 fully saturated rings. The third-order valence-corrected chi connectivity index (χ3v) is 2.73. The fourth-order valence-electron chi connectivity index (χ4n) is 1.71.